The van der Waals surface area contributed by atoms with Crippen molar-refractivity contribution < 1.29 is 4.74 Å². The van der Waals surface area contributed by atoms with Crippen molar-refractivity contribution in [1.29, 1.82) is 0 Å². The summed E-state index contributed by atoms with van der Waals surface area (Å²) in [6.07, 6.45) is 2.55. The number of aliphatic imine (C=N–C) groups is 1. The fraction of sp³-hybridized carbons (Fsp3) is 0.533. The highest BCUT2D eigenvalue weighted by atomic mass is 127. The van der Waals surface area contributed by atoms with E-state index in [4.69, 9.17) is 10.5 Å². The molecule has 0 saturated heterocycles. The second-order valence-electron chi connectivity index (χ2n) is 5.40. The minimum Gasteiger partial charge on any atom is -0.491 e. The molecule has 5 heteroatoms. The van der Waals surface area contributed by atoms with E-state index >= 15 is 0 Å². The number of guanidine groups is 1. The average molecular weight is 389 g/mol. The Morgan fingerprint density at radius 2 is 2.15 bits per heavy atom. The molecule has 1 saturated carbocycles. The second-order valence-corrected chi connectivity index (χ2v) is 5.40. The SMILES string of the molecule is Cc1ccc(CN=C(N)NC2CC2)c(OC(C)C)c1.I. The number of ether oxygens (including phenoxy) is 1. The number of benzene rings is 1. The Kier molecular flexibility index (Phi) is 6.58. The summed E-state index contributed by atoms with van der Waals surface area (Å²) in [7, 11) is 0. The van der Waals surface area contributed by atoms with Gasteiger partial charge in [0, 0.05) is 11.6 Å². The highest BCUT2D eigenvalue weighted by molar-refractivity contribution is 14.0. The average Bonchev–Trinajstić information content (AvgIpc) is 3.11. The van der Waals surface area contributed by atoms with Crippen LogP contribution in [0.3, 0.4) is 0 Å². The summed E-state index contributed by atoms with van der Waals surface area (Å²) in [4.78, 5) is 4.38. The van der Waals surface area contributed by atoms with Crippen molar-refractivity contribution in [2.75, 3.05) is 0 Å². The Morgan fingerprint density at radius 3 is 2.75 bits per heavy atom. The van der Waals surface area contributed by atoms with Crippen LogP contribution in [-0.4, -0.2) is 18.1 Å². The number of rotatable bonds is 5. The molecule has 112 valence electrons. The molecule has 0 aliphatic heterocycles. The first-order valence-corrected chi connectivity index (χ1v) is 6.87. The molecule has 1 fully saturated rings. The third kappa shape index (κ3) is 5.56. The molecule has 0 aromatic heterocycles. The Hall–Kier alpha value is -0.980. The summed E-state index contributed by atoms with van der Waals surface area (Å²) < 4.78 is 5.82. The Balaban J connectivity index is 0.00000200. The molecule has 0 spiro atoms. The van der Waals surface area contributed by atoms with Gasteiger partial charge in [0.25, 0.3) is 0 Å². The highest BCUT2D eigenvalue weighted by Gasteiger charge is 2.21. The van der Waals surface area contributed by atoms with E-state index in [1.54, 1.807) is 0 Å². The van der Waals surface area contributed by atoms with Gasteiger partial charge in [-0.05, 0) is 45.2 Å². The van der Waals surface area contributed by atoms with Crippen LogP contribution in [-0.2, 0) is 6.54 Å². The van der Waals surface area contributed by atoms with E-state index in [0.29, 0.717) is 18.5 Å². The van der Waals surface area contributed by atoms with Crippen LogP contribution in [0.5, 0.6) is 5.75 Å². The quantitative estimate of drug-likeness (QED) is 0.463. The van der Waals surface area contributed by atoms with Crippen molar-refractivity contribution in [3.63, 3.8) is 0 Å². The zero-order valence-electron chi connectivity index (χ0n) is 12.3. The van der Waals surface area contributed by atoms with Crippen LogP contribution in [0.25, 0.3) is 0 Å². The molecule has 0 heterocycles. The zero-order chi connectivity index (χ0) is 13.8. The van der Waals surface area contributed by atoms with Gasteiger partial charge in [0.1, 0.15) is 5.75 Å². The van der Waals surface area contributed by atoms with Crippen LogP contribution in [0.15, 0.2) is 23.2 Å². The predicted molar refractivity (Wildman–Crippen MR) is 93.8 cm³/mol. The largest absolute Gasteiger partial charge is 0.491 e. The maximum Gasteiger partial charge on any atom is 0.189 e. The number of nitrogens with one attached hydrogen (secondary N) is 1. The lowest BCUT2D eigenvalue weighted by atomic mass is 10.1. The van der Waals surface area contributed by atoms with Gasteiger partial charge in [-0.15, -0.1) is 24.0 Å². The van der Waals surface area contributed by atoms with E-state index in [1.165, 1.54) is 18.4 Å². The van der Waals surface area contributed by atoms with E-state index in [9.17, 15) is 0 Å². The van der Waals surface area contributed by atoms with Crippen molar-refractivity contribution in [2.24, 2.45) is 10.7 Å². The topological polar surface area (TPSA) is 59.6 Å². The summed E-state index contributed by atoms with van der Waals surface area (Å²) in [6, 6.07) is 6.71. The summed E-state index contributed by atoms with van der Waals surface area (Å²) in [5, 5.41) is 3.18. The lowest BCUT2D eigenvalue weighted by molar-refractivity contribution is 0.240. The minimum atomic E-state index is 0. The Morgan fingerprint density at radius 1 is 1.45 bits per heavy atom. The molecule has 0 atom stereocenters. The minimum absolute atomic E-state index is 0. The van der Waals surface area contributed by atoms with E-state index in [-0.39, 0.29) is 30.1 Å². The van der Waals surface area contributed by atoms with Gasteiger partial charge in [0.15, 0.2) is 5.96 Å². The monoisotopic (exact) mass is 389 g/mol. The van der Waals surface area contributed by atoms with Gasteiger partial charge in [-0.1, -0.05) is 12.1 Å². The lowest BCUT2D eigenvalue weighted by Gasteiger charge is -2.14. The molecule has 1 aliphatic carbocycles. The maximum absolute atomic E-state index is 5.84. The molecule has 0 amide bonds. The van der Waals surface area contributed by atoms with Gasteiger partial charge >= 0.3 is 0 Å². The Labute approximate surface area is 138 Å². The number of hydrogen-bond donors (Lipinski definition) is 2. The first kappa shape index (κ1) is 17.1. The summed E-state index contributed by atoms with van der Waals surface area (Å²) in [6.45, 7) is 6.66. The first-order valence-electron chi connectivity index (χ1n) is 6.87. The maximum atomic E-state index is 5.84. The molecular formula is C15H24IN3O. The fourth-order valence-corrected chi connectivity index (χ4v) is 1.81. The van der Waals surface area contributed by atoms with Crippen molar-refractivity contribution in [1.82, 2.24) is 5.32 Å². The van der Waals surface area contributed by atoms with E-state index in [2.05, 4.69) is 35.4 Å². The normalized spacial score (nSPS) is 14.9. The molecule has 1 aliphatic rings. The molecule has 1 aromatic carbocycles. The van der Waals surface area contributed by atoms with Gasteiger partial charge in [0.05, 0.1) is 12.6 Å². The standard InChI is InChI=1S/C15H23N3O.HI/c1-10(2)19-14-8-11(3)4-5-12(14)9-17-15(16)18-13-6-7-13;/h4-5,8,10,13H,6-7,9H2,1-3H3,(H3,16,17,18);1H. The van der Waals surface area contributed by atoms with Crippen molar-refractivity contribution in [3.8, 4) is 5.75 Å². The highest BCUT2D eigenvalue weighted by Crippen LogP contribution is 2.22. The number of aryl methyl sites for hydroxylation is 1. The lowest BCUT2D eigenvalue weighted by Crippen LogP contribution is -2.33. The molecule has 0 radical (unpaired) electrons. The number of hydrogen-bond acceptors (Lipinski definition) is 2. The van der Waals surface area contributed by atoms with Crippen LogP contribution >= 0.6 is 24.0 Å². The fourth-order valence-electron chi connectivity index (χ4n) is 1.81. The third-order valence-corrected chi connectivity index (χ3v) is 2.93. The predicted octanol–water partition coefficient (Wildman–Crippen LogP) is 2.97. The van der Waals surface area contributed by atoms with Gasteiger partial charge in [0.2, 0.25) is 0 Å². The van der Waals surface area contributed by atoms with Crippen molar-refractivity contribution in [2.45, 2.75) is 52.3 Å². The first-order chi connectivity index (χ1) is 9.04. The molecule has 2 rings (SSSR count). The summed E-state index contributed by atoms with van der Waals surface area (Å²) >= 11 is 0. The molecule has 1 aromatic rings. The summed E-state index contributed by atoms with van der Waals surface area (Å²) in [5.74, 6) is 1.43. The second kappa shape index (κ2) is 7.71. The number of halogens is 1. The number of nitrogens with two attached hydrogens (primary N) is 1. The molecular weight excluding hydrogens is 365 g/mol. The van der Waals surface area contributed by atoms with Crippen LogP contribution in [0.4, 0.5) is 0 Å². The number of nitrogens with zero attached hydrogens (tertiary/aromatic N) is 1. The van der Waals surface area contributed by atoms with Crippen LogP contribution < -0.4 is 15.8 Å². The van der Waals surface area contributed by atoms with Gasteiger partial charge in [-0.3, -0.25) is 0 Å². The smallest absolute Gasteiger partial charge is 0.189 e. The van der Waals surface area contributed by atoms with Crippen LogP contribution in [0, 0.1) is 6.92 Å². The van der Waals surface area contributed by atoms with E-state index in [1.807, 2.05) is 13.8 Å². The molecule has 0 unspecified atom stereocenters. The van der Waals surface area contributed by atoms with Crippen LogP contribution in [0.1, 0.15) is 37.8 Å². The molecule has 3 N–H and O–H groups in total. The van der Waals surface area contributed by atoms with Crippen molar-refractivity contribution in [3.05, 3.63) is 29.3 Å². The van der Waals surface area contributed by atoms with Gasteiger partial charge in [-0.25, -0.2) is 4.99 Å². The Bertz CT molecular complexity index is 470. The molecule has 0 bridgehead atoms. The van der Waals surface area contributed by atoms with Gasteiger partial charge < -0.3 is 15.8 Å². The van der Waals surface area contributed by atoms with Crippen LogP contribution in [0.2, 0.25) is 0 Å². The molecule has 4 nitrogen and oxygen atoms in total. The third-order valence-electron chi connectivity index (χ3n) is 2.93. The molecule has 20 heavy (non-hydrogen) atoms. The van der Waals surface area contributed by atoms with E-state index < -0.39 is 0 Å². The van der Waals surface area contributed by atoms with Gasteiger partial charge in [-0.2, -0.15) is 0 Å². The zero-order valence-corrected chi connectivity index (χ0v) is 14.7. The van der Waals surface area contributed by atoms with Crippen molar-refractivity contribution >= 4 is 29.9 Å². The summed E-state index contributed by atoms with van der Waals surface area (Å²) in [5.41, 5.74) is 8.10. The van der Waals surface area contributed by atoms with E-state index in [0.717, 1.165) is 11.3 Å².